The van der Waals surface area contributed by atoms with E-state index in [-0.39, 0.29) is 10.8 Å². The number of hydrogen-bond acceptors (Lipinski definition) is 4. The van der Waals surface area contributed by atoms with Crippen LogP contribution in [0.3, 0.4) is 0 Å². The number of aryl methyl sites for hydroxylation is 1. The molecule has 0 amide bonds. The number of aromatic nitrogens is 2. The molecule has 0 unspecified atom stereocenters. The molecule has 96 valence electrons. The molecule has 1 heterocycles. The van der Waals surface area contributed by atoms with Gasteiger partial charge in [0.2, 0.25) is 0 Å². The summed E-state index contributed by atoms with van der Waals surface area (Å²) in [6.45, 7) is 1.81. The van der Waals surface area contributed by atoms with Crippen LogP contribution in [0.2, 0.25) is 0 Å². The largest absolute Gasteiger partial charge is 0.222 e. The Morgan fingerprint density at radius 1 is 1.17 bits per heavy atom. The van der Waals surface area contributed by atoms with E-state index in [1.54, 1.807) is 12.1 Å². The molecule has 2 rings (SSSR count). The quantitative estimate of drug-likeness (QED) is 0.809. The van der Waals surface area contributed by atoms with Gasteiger partial charge in [-0.25, -0.2) is 8.42 Å². The van der Waals surface area contributed by atoms with Gasteiger partial charge in [0.1, 0.15) is 0 Å². The van der Waals surface area contributed by atoms with Gasteiger partial charge >= 0.3 is 0 Å². The lowest BCUT2D eigenvalue weighted by Crippen LogP contribution is -2.11. The molecule has 0 atom stereocenters. The van der Waals surface area contributed by atoms with Crippen LogP contribution in [0.1, 0.15) is 12.1 Å². The minimum atomic E-state index is -3.42. The molecular weight excluding hydrogens is 272 g/mol. The van der Waals surface area contributed by atoms with Crippen molar-refractivity contribution in [3.63, 3.8) is 0 Å². The Labute approximate surface area is 111 Å². The van der Waals surface area contributed by atoms with E-state index in [1.807, 2.05) is 19.1 Å². The van der Waals surface area contributed by atoms with Crippen LogP contribution in [0.4, 0.5) is 0 Å². The monoisotopic (exact) mass is 284 g/mol. The first-order chi connectivity index (χ1) is 8.56. The van der Waals surface area contributed by atoms with E-state index in [2.05, 4.69) is 10.2 Å². The third kappa shape index (κ3) is 2.47. The van der Waals surface area contributed by atoms with Crippen LogP contribution in [0.5, 0.6) is 0 Å². The van der Waals surface area contributed by atoms with Gasteiger partial charge in [0.25, 0.3) is 0 Å². The average molecular weight is 285 g/mol. The zero-order valence-electron chi connectivity index (χ0n) is 9.93. The standard InChI is InChI=1S/C12H13ClN2O2S/c1-9-10-5-2-3-6-11(10)12(15-14-9)18(16,17)8-4-7-13/h2-3,5-6H,4,7-8H2,1H3. The van der Waals surface area contributed by atoms with Crippen molar-refractivity contribution in [1.82, 2.24) is 10.2 Å². The van der Waals surface area contributed by atoms with E-state index in [1.165, 1.54) is 0 Å². The van der Waals surface area contributed by atoms with Gasteiger partial charge in [0, 0.05) is 16.7 Å². The predicted molar refractivity (Wildman–Crippen MR) is 71.7 cm³/mol. The maximum absolute atomic E-state index is 12.2. The van der Waals surface area contributed by atoms with Crippen molar-refractivity contribution in [2.24, 2.45) is 0 Å². The van der Waals surface area contributed by atoms with Crippen molar-refractivity contribution in [2.45, 2.75) is 18.4 Å². The first kappa shape index (κ1) is 13.2. The van der Waals surface area contributed by atoms with Gasteiger partial charge in [-0.15, -0.1) is 16.7 Å². The highest BCUT2D eigenvalue weighted by molar-refractivity contribution is 7.91. The van der Waals surface area contributed by atoms with Crippen molar-refractivity contribution in [3.05, 3.63) is 30.0 Å². The fourth-order valence-electron chi connectivity index (χ4n) is 1.78. The molecule has 0 aliphatic rings. The molecule has 0 radical (unpaired) electrons. The van der Waals surface area contributed by atoms with Crippen molar-refractivity contribution >= 4 is 32.2 Å². The van der Waals surface area contributed by atoms with Gasteiger partial charge in [0.05, 0.1) is 11.4 Å². The molecule has 6 heteroatoms. The van der Waals surface area contributed by atoms with Crippen molar-refractivity contribution in [3.8, 4) is 0 Å². The first-order valence-electron chi connectivity index (χ1n) is 5.57. The molecule has 2 aromatic rings. The van der Waals surface area contributed by atoms with E-state index in [4.69, 9.17) is 11.6 Å². The predicted octanol–water partition coefficient (Wildman–Crippen LogP) is 2.34. The molecule has 0 saturated carbocycles. The lowest BCUT2D eigenvalue weighted by atomic mass is 10.1. The highest BCUT2D eigenvalue weighted by Gasteiger charge is 2.20. The van der Waals surface area contributed by atoms with Crippen molar-refractivity contribution < 1.29 is 8.42 Å². The molecule has 0 fully saturated rings. The lowest BCUT2D eigenvalue weighted by molar-refractivity contribution is 0.590. The van der Waals surface area contributed by atoms with Crippen LogP contribution in [-0.2, 0) is 9.84 Å². The maximum atomic E-state index is 12.2. The third-order valence-electron chi connectivity index (χ3n) is 2.68. The Morgan fingerprint density at radius 2 is 1.83 bits per heavy atom. The zero-order chi connectivity index (χ0) is 13.2. The highest BCUT2D eigenvalue weighted by Crippen LogP contribution is 2.23. The SMILES string of the molecule is Cc1nnc(S(=O)(=O)CCCCl)c2ccccc12. The summed E-state index contributed by atoms with van der Waals surface area (Å²) >= 11 is 5.54. The molecule has 0 aliphatic carbocycles. The molecule has 18 heavy (non-hydrogen) atoms. The summed E-state index contributed by atoms with van der Waals surface area (Å²) in [4.78, 5) is 0. The van der Waals surface area contributed by atoms with Crippen LogP contribution in [0, 0.1) is 6.92 Å². The summed E-state index contributed by atoms with van der Waals surface area (Å²) in [7, 11) is -3.42. The second-order valence-electron chi connectivity index (χ2n) is 4.00. The second-order valence-corrected chi connectivity index (χ2v) is 6.40. The third-order valence-corrected chi connectivity index (χ3v) is 4.66. The van der Waals surface area contributed by atoms with Gasteiger partial charge in [-0.2, -0.15) is 5.10 Å². The van der Waals surface area contributed by atoms with Gasteiger partial charge in [-0.05, 0) is 13.3 Å². The Kier molecular flexibility index (Phi) is 3.82. The van der Waals surface area contributed by atoms with E-state index < -0.39 is 9.84 Å². The normalized spacial score (nSPS) is 11.9. The number of fused-ring (bicyclic) bond motifs is 1. The molecule has 0 saturated heterocycles. The number of hydrogen-bond donors (Lipinski definition) is 0. The molecule has 1 aromatic carbocycles. The van der Waals surface area contributed by atoms with Crippen LogP contribution in [-0.4, -0.2) is 30.2 Å². The summed E-state index contributed by atoms with van der Waals surface area (Å²) in [6.07, 6.45) is 0.410. The van der Waals surface area contributed by atoms with Crippen LogP contribution in [0.15, 0.2) is 29.3 Å². The van der Waals surface area contributed by atoms with Gasteiger partial charge in [0.15, 0.2) is 14.9 Å². The number of nitrogens with zero attached hydrogens (tertiary/aromatic N) is 2. The Balaban J connectivity index is 2.62. The van der Waals surface area contributed by atoms with Crippen LogP contribution >= 0.6 is 11.6 Å². The molecule has 0 bridgehead atoms. The topological polar surface area (TPSA) is 59.9 Å². The number of benzene rings is 1. The first-order valence-corrected chi connectivity index (χ1v) is 7.75. The molecule has 0 N–H and O–H groups in total. The molecule has 0 spiro atoms. The smallest absolute Gasteiger partial charge is 0.198 e. The highest BCUT2D eigenvalue weighted by atomic mass is 35.5. The summed E-state index contributed by atoms with van der Waals surface area (Å²) in [6, 6.07) is 7.25. The summed E-state index contributed by atoms with van der Waals surface area (Å²) in [5.41, 5.74) is 0.724. The Bertz CT molecular complexity index is 671. The van der Waals surface area contributed by atoms with Crippen molar-refractivity contribution in [2.75, 3.05) is 11.6 Å². The van der Waals surface area contributed by atoms with E-state index in [0.29, 0.717) is 17.7 Å². The fraction of sp³-hybridized carbons (Fsp3) is 0.333. The zero-order valence-corrected chi connectivity index (χ0v) is 11.5. The minimum Gasteiger partial charge on any atom is -0.222 e. The molecule has 1 aromatic heterocycles. The Hall–Kier alpha value is -1.20. The van der Waals surface area contributed by atoms with Gasteiger partial charge < -0.3 is 0 Å². The van der Waals surface area contributed by atoms with E-state index >= 15 is 0 Å². The van der Waals surface area contributed by atoms with Crippen LogP contribution < -0.4 is 0 Å². The summed E-state index contributed by atoms with van der Waals surface area (Å²) < 4.78 is 24.3. The number of halogens is 1. The van der Waals surface area contributed by atoms with Gasteiger partial charge in [-0.3, -0.25) is 0 Å². The van der Waals surface area contributed by atoms with Crippen LogP contribution in [0.25, 0.3) is 10.8 Å². The lowest BCUT2D eigenvalue weighted by Gasteiger charge is -2.07. The molecular formula is C12H13ClN2O2S. The van der Waals surface area contributed by atoms with E-state index in [0.717, 1.165) is 11.1 Å². The number of rotatable bonds is 4. The minimum absolute atomic E-state index is 0.00175. The maximum Gasteiger partial charge on any atom is 0.198 e. The van der Waals surface area contributed by atoms with Gasteiger partial charge in [-0.1, -0.05) is 24.3 Å². The Morgan fingerprint density at radius 3 is 2.50 bits per heavy atom. The fourth-order valence-corrected chi connectivity index (χ4v) is 3.47. The van der Waals surface area contributed by atoms with Crippen molar-refractivity contribution in [1.29, 1.82) is 0 Å². The average Bonchev–Trinajstić information content (AvgIpc) is 2.37. The number of alkyl halides is 1. The second kappa shape index (κ2) is 5.20. The summed E-state index contributed by atoms with van der Waals surface area (Å²) in [5.74, 6) is 0.314. The number of sulfone groups is 1. The van der Waals surface area contributed by atoms with E-state index in [9.17, 15) is 8.42 Å². The molecule has 0 aliphatic heterocycles. The summed E-state index contributed by atoms with van der Waals surface area (Å²) in [5, 5.41) is 9.26. The molecule has 4 nitrogen and oxygen atoms in total.